The third-order valence-corrected chi connectivity index (χ3v) is 5.45. The normalized spacial score (nSPS) is 11.8. The van der Waals surface area contributed by atoms with E-state index in [1.54, 1.807) is 16.9 Å². The molecule has 0 atom stereocenters. The van der Waals surface area contributed by atoms with E-state index in [9.17, 15) is 18.0 Å². The molecular formula is C19H13BrClF3N6O. The van der Waals surface area contributed by atoms with Crippen molar-refractivity contribution in [1.29, 1.82) is 0 Å². The Kier molecular flexibility index (Phi) is 5.48. The lowest BCUT2D eigenvalue weighted by Crippen LogP contribution is -2.15. The number of nitrogens with zero attached hydrogens (tertiary/aromatic N) is 5. The first-order valence-electron chi connectivity index (χ1n) is 8.84. The Morgan fingerprint density at radius 3 is 2.74 bits per heavy atom. The molecule has 1 N–H and O–H groups in total. The summed E-state index contributed by atoms with van der Waals surface area (Å²) in [5.41, 5.74) is -0.0274. The van der Waals surface area contributed by atoms with E-state index >= 15 is 0 Å². The summed E-state index contributed by atoms with van der Waals surface area (Å²) < 4.78 is 42.3. The van der Waals surface area contributed by atoms with Gasteiger partial charge in [0, 0.05) is 16.9 Å². The number of nitrogens with one attached hydrogen (secondary N) is 1. The van der Waals surface area contributed by atoms with E-state index in [2.05, 4.69) is 36.4 Å². The molecule has 0 aliphatic carbocycles. The third-order valence-electron chi connectivity index (χ3n) is 4.35. The van der Waals surface area contributed by atoms with E-state index in [1.165, 1.54) is 13.1 Å². The molecule has 1 amide bonds. The number of alkyl halides is 3. The van der Waals surface area contributed by atoms with Gasteiger partial charge in [0.1, 0.15) is 5.69 Å². The van der Waals surface area contributed by atoms with Gasteiger partial charge in [-0.3, -0.25) is 9.48 Å². The number of hydrogen-bond donors (Lipinski definition) is 1. The molecule has 0 saturated heterocycles. The van der Waals surface area contributed by atoms with E-state index in [4.69, 9.17) is 11.6 Å². The van der Waals surface area contributed by atoms with E-state index < -0.39 is 17.8 Å². The molecule has 0 saturated carbocycles. The van der Waals surface area contributed by atoms with Gasteiger partial charge in [-0.25, -0.2) is 9.50 Å². The van der Waals surface area contributed by atoms with Crippen LogP contribution in [0.3, 0.4) is 0 Å². The van der Waals surface area contributed by atoms with Crippen LogP contribution in [0.15, 0.2) is 47.2 Å². The molecular weight excluding hydrogens is 501 g/mol. The molecule has 0 aliphatic heterocycles. The second-order valence-corrected chi connectivity index (χ2v) is 7.85. The first-order chi connectivity index (χ1) is 14.6. The lowest BCUT2D eigenvalue weighted by molar-refractivity contribution is -0.142. The van der Waals surface area contributed by atoms with Crippen molar-refractivity contribution >= 4 is 44.8 Å². The number of carbonyl (C=O) groups is 1. The fourth-order valence-corrected chi connectivity index (χ4v) is 3.68. The highest BCUT2D eigenvalue weighted by atomic mass is 79.9. The summed E-state index contributed by atoms with van der Waals surface area (Å²) in [6.07, 6.45) is -1.67. The largest absolute Gasteiger partial charge is 0.433 e. The van der Waals surface area contributed by atoms with Gasteiger partial charge in [-0.2, -0.15) is 23.4 Å². The summed E-state index contributed by atoms with van der Waals surface area (Å²) in [7, 11) is 0. The van der Waals surface area contributed by atoms with Crippen LogP contribution in [-0.2, 0) is 12.7 Å². The van der Waals surface area contributed by atoms with E-state index in [1.807, 2.05) is 18.2 Å². The maximum Gasteiger partial charge on any atom is 0.433 e. The molecule has 12 heteroatoms. The van der Waals surface area contributed by atoms with Crippen LogP contribution in [-0.4, -0.2) is 30.3 Å². The maximum absolute atomic E-state index is 13.4. The Balaban J connectivity index is 1.60. The standard InChI is InChI=1S/C19H13BrClF3N6O/c1-10-6-14(19(22,23)24)30-17(26-10)15(20)16(28-30)18(31)27-12-7-25-29(9-12)8-11-4-2-3-5-13(11)21/h2-7,9H,8H2,1H3,(H,27,31). The molecule has 7 nitrogen and oxygen atoms in total. The van der Waals surface area contributed by atoms with Crippen molar-refractivity contribution in [3.63, 3.8) is 0 Å². The van der Waals surface area contributed by atoms with Crippen LogP contribution in [0.1, 0.15) is 27.4 Å². The number of benzene rings is 1. The van der Waals surface area contributed by atoms with Crippen LogP contribution in [0.2, 0.25) is 5.02 Å². The SMILES string of the molecule is Cc1cc(C(F)(F)F)n2nc(C(=O)Nc3cnn(Cc4ccccc4Cl)c3)c(Br)c2n1. The summed E-state index contributed by atoms with van der Waals surface area (Å²) in [6, 6.07) is 8.14. The molecule has 0 spiro atoms. The second kappa shape index (κ2) is 7.97. The summed E-state index contributed by atoms with van der Waals surface area (Å²) in [4.78, 5) is 16.8. The smallest absolute Gasteiger partial charge is 0.318 e. The number of rotatable bonds is 4. The van der Waals surface area contributed by atoms with Crippen LogP contribution in [0.4, 0.5) is 18.9 Å². The van der Waals surface area contributed by atoms with Gasteiger partial charge in [0.25, 0.3) is 5.91 Å². The third kappa shape index (κ3) is 4.28. The van der Waals surface area contributed by atoms with Gasteiger partial charge >= 0.3 is 6.18 Å². The van der Waals surface area contributed by atoms with Crippen LogP contribution in [0.5, 0.6) is 0 Å². The molecule has 31 heavy (non-hydrogen) atoms. The predicted molar refractivity (Wildman–Crippen MR) is 111 cm³/mol. The summed E-state index contributed by atoms with van der Waals surface area (Å²) in [5.74, 6) is -0.708. The zero-order valence-corrected chi connectivity index (χ0v) is 18.1. The molecule has 3 heterocycles. The van der Waals surface area contributed by atoms with Gasteiger partial charge in [-0.05, 0) is 40.5 Å². The quantitative estimate of drug-likeness (QED) is 0.418. The molecule has 0 unspecified atom stereocenters. The Hall–Kier alpha value is -2.92. The van der Waals surface area contributed by atoms with Crippen molar-refractivity contribution in [3.8, 4) is 0 Å². The molecule has 4 aromatic rings. The van der Waals surface area contributed by atoms with Gasteiger partial charge < -0.3 is 5.32 Å². The van der Waals surface area contributed by atoms with Crippen molar-refractivity contribution in [2.75, 3.05) is 5.32 Å². The monoisotopic (exact) mass is 512 g/mol. The number of amides is 1. The molecule has 0 bridgehead atoms. The highest BCUT2D eigenvalue weighted by Gasteiger charge is 2.36. The van der Waals surface area contributed by atoms with Crippen LogP contribution in [0, 0.1) is 6.92 Å². The number of halogens is 5. The maximum atomic E-state index is 13.4. The average molecular weight is 514 g/mol. The van der Waals surface area contributed by atoms with Crippen molar-refractivity contribution < 1.29 is 18.0 Å². The highest BCUT2D eigenvalue weighted by Crippen LogP contribution is 2.32. The fraction of sp³-hybridized carbons (Fsp3) is 0.158. The number of carbonyl (C=O) groups excluding carboxylic acids is 1. The van der Waals surface area contributed by atoms with Gasteiger partial charge in [0.15, 0.2) is 11.3 Å². The minimum Gasteiger partial charge on any atom is -0.318 e. The van der Waals surface area contributed by atoms with Crippen molar-refractivity contribution in [3.05, 3.63) is 74.9 Å². The Morgan fingerprint density at radius 1 is 1.29 bits per heavy atom. The number of aromatic nitrogens is 5. The molecule has 0 aliphatic rings. The zero-order valence-electron chi connectivity index (χ0n) is 15.8. The van der Waals surface area contributed by atoms with Crippen molar-refractivity contribution in [2.45, 2.75) is 19.6 Å². The lowest BCUT2D eigenvalue weighted by atomic mass is 10.2. The first-order valence-corrected chi connectivity index (χ1v) is 10.0. The number of aryl methyl sites for hydroxylation is 1. The van der Waals surface area contributed by atoms with Crippen LogP contribution >= 0.6 is 27.5 Å². The number of fused-ring (bicyclic) bond motifs is 1. The number of anilines is 1. The molecule has 0 radical (unpaired) electrons. The summed E-state index contributed by atoms with van der Waals surface area (Å²) in [5, 5.41) is 11.2. The Morgan fingerprint density at radius 2 is 2.03 bits per heavy atom. The first kappa shape index (κ1) is 21.3. The van der Waals surface area contributed by atoms with Crippen molar-refractivity contribution in [1.82, 2.24) is 24.4 Å². The van der Waals surface area contributed by atoms with Crippen LogP contribution < -0.4 is 5.32 Å². The van der Waals surface area contributed by atoms with Crippen molar-refractivity contribution in [2.24, 2.45) is 0 Å². The molecule has 1 aromatic carbocycles. The fourth-order valence-electron chi connectivity index (χ4n) is 2.97. The van der Waals surface area contributed by atoms with Gasteiger partial charge in [0.2, 0.25) is 0 Å². The van der Waals surface area contributed by atoms with E-state index in [-0.39, 0.29) is 21.5 Å². The zero-order chi connectivity index (χ0) is 22.3. The molecule has 0 fully saturated rings. The van der Waals surface area contributed by atoms with Gasteiger partial charge in [-0.1, -0.05) is 29.8 Å². The molecule has 4 rings (SSSR count). The summed E-state index contributed by atoms with van der Waals surface area (Å²) >= 11 is 9.29. The lowest BCUT2D eigenvalue weighted by Gasteiger charge is -2.09. The topological polar surface area (TPSA) is 77.1 Å². The predicted octanol–water partition coefficient (Wildman–Crippen LogP) is 4.97. The van der Waals surface area contributed by atoms with Gasteiger partial charge in [0.05, 0.1) is 22.9 Å². The Labute approximate surface area is 187 Å². The molecule has 3 aromatic heterocycles. The highest BCUT2D eigenvalue weighted by molar-refractivity contribution is 9.10. The second-order valence-electron chi connectivity index (χ2n) is 6.65. The Bertz CT molecular complexity index is 1300. The molecule has 160 valence electrons. The average Bonchev–Trinajstić information content (AvgIpc) is 3.27. The van der Waals surface area contributed by atoms with Gasteiger partial charge in [-0.15, -0.1) is 0 Å². The minimum absolute atomic E-state index is 0.0580. The van der Waals surface area contributed by atoms with E-state index in [0.717, 1.165) is 11.6 Å². The number of hydrogen-bond acceptors (Lipinski definition) is 4. The minimum atomic E-state index is -4.66. The van der Waals surface area contributed by atoms with Crippen LogP contribution in [0.25, 0.3) is 5.65 Å². The summed E-state index contributed by atoms with van der Waals surface area (Å²) in [6.45, 7) is 1.81. The van der Waals surface area contributed by atoms with E-state index in [0.29, 0.717) is 21.8 Å².